The lowest BCUT2D eigenvalue weighted by Gasteiger charge is -2.06. The number of hydrogen-bond acceptors (Lipinski definition) is 4. The third kappa shape index (κ3) is 1.97. The first-order chi connectivity index (χ1) is 6.66. The maximum Gasteiger partial charge on any atom is 0.122 e. The Labute approximate surface area is 88.3 Å². The second kappa shape index (κ2) is 3.96. The summed E-state index contributed by atoms with van der Waals surface area (Å²) in [5.74, 6) is 0. The zero-order valence-electron chi connectivity index (χ0n) is 8.56. The van der Waals surface area contributed by atoms with E-state index in [1.807, 2.05) is 13.1 Å². The van der Waals surface area contributed by atoms with Crippen LogP contribution in [0.3, 0.4) is 0 Å². The van der Waals surface area contributed by atoms with Gasteiger partial charge < -0.3 is 10.5 Å². The maximum absolute atomic E-state index is 5.78. The van der Waals surface area contributed by atoms with Gasteiger partial charge in [0.05, 0.1) is 6.10 Å². The quantitative estimate of drug-likeness (QED) is 0.819. The predicted molar refractivity (Wildman–Crippen MR) is 57.2 cm³/mol. The predicted octanol–water partition coefficient (Wildman–Crippen LogP) is 2.40. The number of nitrogens with zero attached hydrogens (tertiary/aromatic N) is 1. The molecule has 1 fully saturated rings. The minimum absolute atomic E-state index is 0.0834. The summed E-state index contributed by atoms with van der Waals surface area (Å²) in [6.07, 6.45) is 4.69. The van der Waals surface area contributed by atoms with Crippen LogP contribution in [0.15, 0.2) is 6.20 Å². The molecule has 1 saturated heterocycles. The molecule has 78 valence electrons. The molecule has 4 heteroatoms. The third-order valence-corrected chi connectivity index (χ3v) is 3.79. The van der Waals surface area contributed by atoms with Gasteiger partial charge in [0.25, 0.3) is 0 Å². The highest BCUT2D eigenvalue weighted by Gasteiger charge is 2.25. The third-order valence-electron chi connectivity index (χ3n) is 2.50. The van der Waals surface area contributed by atoms with Gasteiger partial charge in [-0.3, -0.25) is 0 Å². The highest BCUT2D eigenvalue weighted by molar-refractivity contribution is 7.11. The van der Waals surface area contributed by atoms with Gasteiger partial charge in [-0.15, -0.1) is 11.3 Å². The molecule has 0 bridgehead atoms. The summed E-state index contributed by atoms with van der Waals surface area (Å²) >= 11 is 1.68. The fourth-order valence-corrected chi connectivity index (χ4v) is 2.59. The minimum atomic E-state index is 0.0834. The number of hydrogen-bond donors (Lipinski definition) is 1. The van der Waals surface area contributed by atoms with Crippen molar-refractivity contribution < 1.29 is 4.74 Å². The van der Waals surface area contributed by atoms with Crippen molar-refractivity contribution in [2.24, 2.45) is 5.73 Å². The van der Waals surface area contributed by atoms with Crippen LogP contribution >= 0.6 is 11.3 Å². The van der Waals surface area contributed by atoms with E-state index in [9.17, 15) is 0 Å². The van der Waals surface area contributed by atoms with E-state index in [1.165, 1.54) is 0 Å². The Morgan fingerprint density at radius 3 is 2.93 bits per heavy atom. The Hall–Kier alpha value is -0.450. The highest BCUT2D eigenvalue weighted by Crippen LogP contribution is 2.35. The molecule has 1 aliphatic rings. The van der Waals surface area contributed by atoms with Gasteiger partial charge in [0, 0.05) is 17.1 Å². The van der Waals surface area contributed by atoms with Crippen LogP contribution in [0.5, 0.6) is 0 Å². The van der Waals surface area contributed by atoms with Crippen LogP contribution in [0.2, 0.25) is 0 Å². The van der Waals surface area contributed by atoms with Gasteiger partial charge in [0.2, 0.25) is 0 Å². The average molecular weight is 212 g/mol. The Bertz CT molecular complexity index is 311. The van der Waals surface area contributed by atoms with E-state index in [0.717, 1.165) is 22.7 Å². The summed E-state index contributed by atoms with van der Waals surface area (Å²) < 4.78 is 5.75. The average Bonchev–Trinajstić information content (AvgIpc) is 2.70. The standard InChI is InChI=1S/C10H16N2OS/c1-6-3-4-8(13-6)10-12-5-9(14-10)7(2)11/h5-8H,3-4,11H2,1-2H3. The highest BCUT2D eigenvalue weighted by atomic mass is 32.1. The molecule has 0 spiro atoms. The fraction of sp³-hybridized carbons (Fsp3) is 0.700. The number of rotatable bonds is 2. The Kier molecular flexibility index (Phi) is 2.85. The molecule has 0 radical (unpaired) electrons. The van der Waals surface area contributed by atoms with Crippen molar-refractivity contribution in [2.75, 3.05) is 0 Å². The van der Waals surface area contributed by atoms with Crippen LogP contribution in [0.4, 0.5) is 0 Å². The molecule has 3 atom stereocenters. The SMILES string of the molecule is CC1CCC(c2ncc(C(C)N)s2)O1. The first-order valence-corrected chi connectivity index (χ1v) is 5.85. The normalized spacial score (nSPS) is 29.4. The molecule has 14 heavy (non-hydrogen) atoms. The van der Waals surface area contributed by atoms with Crippen LogP contribution in [0.1, 0.15) is 48.7 Å². The second-order valence-electron chi connectivity index (χ2n) is 3.90. The van der Waals surface area contributed by atoms with E-state index in [0.29, 0.717) is 6.10 Å². The molecule has 1 aromatic heterocycles. The summed E-state index contributed by atoms with van der Waals surface area (Å²) in [7, 11) is 0. The van der Waals surface area contributed by atoms with Crippen LogP contribution in [-0.4, -0.2) is 11.1 Å². The Morgan fingerprint density at radius 1 is 1.64 bits per heavy atom. The van der Waals surface area contributed by atoms with Gasteiger partial charge in [0.15, 0.2) is 0 Å². The van der Waals surface area contributed by atoms with Gasteiger partial charge in [-0.1, -0.05) is 0 Å². The van der Waals surface area contributed by atoms with Gasteiger partial charge >= 0.3 is 0 Å². The topological polar surface area (TPSA) is 48.1 Å². The zero-order chi connectivity index (χ0) is 10.1. The largest absolute Gasteiger partial charge is 0.368 e. The summed E-state index contributed by atoms with van der Waals surface area (Å²) in [4.78, 5) is 5.51. The van der Waals surface area contributed by atoms with Gasteiger partial charge in [0.1, 0.15) is 11.1 Å². The molecule has 3 nitrogen and oxygen atoms in total. The van der Waals surface area contributed by atoms with Crippen molar-refractivity contribution in [2.45, 2.75) is 44.9 Å². The van der Waals surface area contributed by atoms with Crippen LogP contribution in [-0.2, 0) is 4.74 Å². The van der Waals surface area contributed by atoms with E-state index in [-0.39, 0.29) is 12.1 Å². The number of nitrogens with two attached hydrogens (primary N) is 1. The summed E-state index contributed by atoms with van der Waals surface area (Å²) in [5, 5.41) is 1.08. The van der Waals surface area contributed by atoms with Crippen molar-refractivity contribution in [3.63, 3.8) is 0 Å². The molecule has 0 aromatic carbocycles. The smallest absolute Gasteiger partial charge is 0.122 e. The van der Waals surface area contributed by atoms with Crippen LogP contribution < -0.4 is 5.73 Å². The van der Waals surface area contributed by atoms with Gasteiger partial charge in [-0.25, -0.2) is 4.98 Å². The molecule has 3 unspecified atom stereocenters. The number of thiazole rings is 1. The van der Waals surface area contributed by atoms with Gasteiger partial charge in [-0.05, 0) is 26.7 Å². The molecule has 1 aliphatic heterocycles. The molecule has 0 aliphatic carbocycles. The summed E-state index contributed by atoms with van der Waals surface area (Å²) in [6, 6.07) is 0.0834. The molecule has 2 N–H and O–H groups in total. The van der Waals surface area contributed by atoms with Crippen molar-refractivity contribution in [1.29, 1.82) is 0 Å². The fourth-order valence-electron chi connectivity index (χ4n) is 1.64. The number of aromatic nitrogens is 1. The van der Waals surface area contributed by atoms with E-state index < -0.39 is 0 Å². The maximum atomic E-state index is 5.78. The molecule has 2 heterocycles. The van der Waals surface area contributed by atoms with Crippen LogP contribution in [0.25, 0.3) is 0 Å². The Morgan fingerprint density at radius 2 is 2.43 bits per heavy atom. The monoisotopic (exact) mass is 212 g/mol. The van der Waals surface area contributed by atoms with Crippen molar-refractivity contribution in [1.82, 2.24) is 4.98 Å². The first-order valence-electron chi connectivity index (χ1n) is 5.03. The number of ether oxygens (including phenoxy) is 1. The first kappa shape index (κ1) is 10.1. The van der Waals surface area contributed by atoms with Crippen molar-refractivity contribution in [3.05, 3.63) is 16.1 Å². The summed E-state index contributed by atoms with van der Waals surface area (Å²) in [6.45, 7) is 4.09. The molecule has 1 aromatic rings. The minimum Gasteiger partial charge on any atom is -0.368 e. The summed E-state index contributed by atoms with van der Waals surface area (Å²) in [5.41, 5.74) is 5.78. The second-order valence-corrected chi connectivity index (χ2v) is 5.00. The van der Waals surface area contributed by atoms with E-state index in [1.54, 1.807) is 11.3 Å². The lowest BCUT2D eigenvalue weighted by molar-refractivity contribution is 0.0554. The molecule has 0 amide bonds. The van der Waals surface area contributed by atoms with E-state index >= 15 is 0 Å². The molecule has 0 saturated carbocycles. The van der Waals surface area contributed by atoms with E-state index in [4.69, 9.17) is 10.5 Å². The lowest BCUT2D eigenvalue weighted by atomic mass is 10.2. The molecular formula is C10H16N2OS. The molecular weight excluding hydrogens is 196 g/mol. The molecule has 2 rings (SSSR count). The Balaban J connectivity index is 2.09. The van der Waals surface area contributed by atoms with Gasteiger partial charge in [-0.2, -0.15) is 0 Å². The van der Waals surface area contributed by atoms with E-state index in [2.05, 4.69) is 11.9 Å². The van der Waals surface area contributed by atoms with Crippen molar-refractivity contribution >= 4 is 11.3 Å². The van der Waals surface area contributed by atoms with Crippen LogP contribution in [0, 0.1) is 0 Å². The lowest BCUT2D eigenvalue weighted by Crippen LogP contribution is -2.02. The zero-order valence-corrected chi connectivity index (χ0v) is 9.38. The van der Waals surface area contributed by atoms with Crippen molar-refractivity contribution in [3.8, 4) is 0 Å².